The number of rotatable bonds is 2. The fourth-order valence-electron chi connectivity index (χ4n) is 1.32. The Labute approximate surface area is 117 Å². The smallest absolute Gasteiger partial charge is 0.135 e. The van der Waals surface area contributed by atoms with Crippen molar-refractivity contribution in [2.75, 3.05) is 5.32 Å². The van der Waals surface area contributed by atoms with Crippen LogP contribution >= 0.6 is 39.1 Å². The zero-order chi connectivity index (χ0) is 12.4. The summed E-state index contributed by atoms with van der Waals surface area (Å²) in [5.41, 5.74) is 0.871. The molecule has 3 nitrogen and oxygen atoms in total. The van der Waals surface area contributed by atoms with Crippen LogP contribution in [0.15, 0.2) is 28.7 Å². The molecule has 0 aliphatic rings. The van der Waals surface area contributed by atoms with Gasteiger partial charge in [-0.1, -0.05) is 23.2 Å². The molecule has 0 fully saturated rings. The Balaban J connectivity index is 2.28. The van der Waals surface area contributed by atoms with Crippen molar-refractivity contribution < 1.29 is 0 Å². The molecule has 0 aliphatic carbocycles. The van der Waals surface area contributed by atoms with Gasteiger partial charge in [0, 0.05) is 16.2 Å². The zero-order valence-electron chi connectivity index (χ0n) is 8.84. The quantitative estimate of drug-likeness (QED) is 0.817. The predicted octanol–water partition coefficient (Wildman–Crippen LogP) is 4.60. The van der Waals surface area contributed by atoms with E-state index >= 15 is 0 Å². The predicted molar refractivity (Wildman–Crippen MR) is 74.2 cm³/mol. The van der Waals surface area contributed by atoms with E-state index in [-0.39, 0.29) is 0 Å². The maximum atomic E-state index is 5.91. The van der Waals surface area contributed by atoms with Gasteiger partial charge in [-0.3, -0.25) is 0 Å². The number of aromatic nitrogens is 2. The highest BCUT2D eigenvalue weighted by Gasteiger charge is 2.02. The summed E-state index contributed by atoms with van der Waals surface area (Å²) in [6, 6.07) is 7.19. The lowest BCUT2D eigenvalue weighted by Crippen LogP contribution is -1.97. The molecule has 88 valence electrons. The fourth-order valence-corrected chi connectivity index (χ4v) is 2.04. The van der Waals surface area contributed by atoms with Gasteiger partial charge >= 0.3 is 0 Å². The van der Waals surface area contributed by atoms with E-state index in [1.54, 1.807) is 19.1 Å². The van der Waals surface area contributed by atoms with Crippen molar-refractivity contribution in [3.8, 4) is 0 Å². The van der Waals surface area contributed by atoms with Crippen LogP contribution in [0.1, 0.15) is 5.82 Å². The van der Waals surface area contributed by atoms with Crippen molar-refractivity contribution in [1.82, 2.24) is 9.97 Å². The van der Waals surface area contributed by atoms with Crippen LogP contribution in [0.4, 0.5) is 11.5 Å². The molecule has 2 aromatic rings. The van der Waals surface area contributed by atoms with Crippen molar-refractivity contribution in [2.45, 2.75) is 6.92 Å². The summed E-state index contributed by atoms with van der Waals surface area (Å²) in [7, 11) is 0. The number of anilines is 2. The molecule has 1 heterocycles. The largest absolute Gasteiger partial charge is 0.340 e. The Kier molecular flexibility index (Phi) is 3.86. The van der Waals surface area contributed by atoms with Crippen LogP contribution in [0.25, 0.3) is 0 Å². The minimum absolute atomic E-state index is 0.410. The first-order valence-electron chi connectivity index (χ1n) is 4.78. The van der Waals surface area contributed by atoms with E-state index in [0.717, 1.165) is 10.2 Å². The summed E-state index contributed by atoms with van der Waals surface area (Å²) in [6.45, 7) is 1.79. The highest BCUT2D eigenvalue weighted by atomic mass is 79.9. The molecule has 6 heteroatoms. The Morgan fingerprint density at radius 1 is 1.18 bits per heavy atom. The van der Waals surface area contributed by atoms with E-state index in [2.05, 4.69) is 31.2 Å². The van der Waals surface area contributed by atoms with Crippen LogP contribution in [0, 0.1) is 6.92 Å². The summed E-state index contributed by atoms with van der Waals surface area (Å²) in [5, 5.41) is 4.20. The molecule has 1 aromatic heterocycles. The van der Waals surface area contributed by atoms with Crippen molar-refractivity contribution in [1.29, 1.82) is 0 Å². The van der Waals surface area contributed by atoms with E-state index in [1.807, 2.05) is 12.1 Å². The highest BCUT2D eigenvalue weighted by molar-refractivity contribution is 9.10. The number of nitrogens with zero attached hydrogens (tertiary/aromatic N) is 2. The lowest BCUT2D eigenvalue weighted by atomic mass is 10.3. The van der Waals surface area contributed by atoms with Gasteiger partial charge < -0.3 is 5.32 Å². The average molecular weight is 333 g/mol. The van der Waals surface area contributed by atoms with Gasteiger partial charge in [0.15, 0.2) is 0 Å². The van der Waals surface area contributed by atoms with Crippen molar-refractivity contribution in [3.63, 3.8) is 0 Å². The Bertz CT molecular complexity index is 540. The summed E-state index contributed by atoms with van der Waals surface area (Å²) >= 11 is 15.1. The Morgan fingerprint density at radius 3 is 2.59 bits per heavy atom. The SMILES string of the molecule is Cc1nc(Cl)cc(Nc2ccc(Cl)c(Br)c2)n1. The molecule has 0 amide bonds. The van der Waals surface area contributed by atoms with Crippen LogP contribution in [0.3, 0.4) is 0 Å². The first kappa shape index (κ1) is 12.6. The number of halogens is 3. The van der Waals surface area contributed by atoms with Crippen molar-refractivity contribution >= 4 is 50.6 Å². The maximum Gasteiger partial charge on any atom is 0.135 e. The Hall–Kier alpha value is -0.840. The second kappa shape index (κ2) is 5.21. The second-order valence-electron chi connectivity index (χ2n) is 3.38. The molecule has 1 N–H and O–H groups in total. The van der Waals surface area contributed by atoms with Gasteiger partial charge in [0.05, 0.1) is 5.02 Å². The van der Waals surface area contributed by atoms with Crippen molar-refractivity contribution in [3.05, 3.63) is 44.7 Å². The number of hydrogen-bond donors (Lipinski definition) is 1. The third kappa shape index (κ3) is 3.31. The number of nitrogens with one attached hydrogen (secondary N) is 1. The normalized spacial score (nSPS) is 10.4. The van der Waals surface area contributed by atoms with Gasteiger partial charge in [-0.05, 0) is 41.1 Å². The molecule has 17 heavy (non-hydrogen) atoms. The minimum Gasteiger partial charge on any atom is -0.340 e. The lowest BCUT2D eigenvalue weighted by Gasteiger charge is -2.07. The molecule has 2 rings (SSSR count). The van der Waals surface area contributed by atoms with Gasteiger partial charge in [0.2, 0.25) is 0 Å². The van der Waals surface area contributed by atoms with Crippen LogP contribution in [-0.2, 0) is 0 Å². The monoisotopic (exact) mass is 331 g/mol. The molecular formula is C11H8BrCl2N3. The van der Waals surface area contributed by atoms with Gasteiger partial charge in [-0.15, -0.1) is 0 Å². The Morgan fingerprint density at radius 2 is 1.94 bits per heavy atom. The van der Waals surface area contributed by atoms with Gasteiger partial charge in [-0.25, -0.2) is 9.97 Å². The molecule has 0 atom stereocenters. The standard InChI is InChI=1S/C11H8BrCl2N3/c1-6-15-10(14)5-11(16-6)17-7-2-3-9(13)8(12)4-7/h2-5H,1H3,(H,15,16,17). The number of hydrogen-bond acceptors (Lipinski definition) is 3. The first-order valence-corrected chi connectivity index (χ1v) is 6.33. The van der Waals surface area contributed by atoms with E-state index in [1.165, 1.54) is 0 Å². The number of benzene rings is 1. The molecule has 1 aromatic carbocycles. The van der Waals surface area contributed by atoms with Gasteiger partial charge in [0.25, 0.3) is 0 Å². The molecule has 0 saturated heterocycles. The fraction of sp³-hybridized carbons (Fsp3) is 0.0909. The summed E-state index contributed by atoms with van der Waals surface area (Å²) in [6.07, 6.45) is 0. The molecule has 0 bridgehead atoms. The first-order chi connectivity index (χ1) is 8.04. The third-order valence-electron chi connectivity index (χ3n) is 2.00. The molecule has 0 saturated carbocycles. The van der Waals surface area contributed by atoms with Crippen LogP contribution in [0.5, 0.6) is 0 Å². The number of aryl methyl sites for hydroxylation is 1. The van der Waals surface area contributed by atoms with Crippen molar-refractivity contribution in [2.24, 2.45) is 0 Å². The zero-order valence-corrected chi connectivity index (χ0v) is 11.9. The molecule has 0 aliphatic heterocycles. The highest BCUT2D eigenvalue weighted by Crippen LogP contribution is 2.27. The van der Waals surface area contributed by atoms with E-state index < -0.39 is 0 Å². The molecule has 0 radical (unpaired) electrons. The van der Waals surface area contributed by atoms with Gasteiger partial charge in [-0.2, -0.15) is 0 Å². The second-order valence-corrected chi connectivity index (χ2v) is 5.03. The van der Waals surface area contributed by atoms with Crippen LogP contribution in [0.2, 0.25) is 10.2 Å². The average Bonchev–Trinajstić information content (AvgIpc) is 2.22. The van der Waals surface area contributed by atoms with Crippen LogP contribution in [-0.4, -0.2) is 9.97 Å². The topological polar surface area (TPSA) is 37.8 Å². The lowest BCUT2D eigenvalue weighted by molar-refractivity contribution is 1.06. The van der Waals surface area contributed by atoms with Crippen LogP contribution < -0.4 is 5.32 Å². The molecular weight excluding hydrogens is 325 g/mol. The summed E-state index contributed by atoms with van der Waals surface area (Å²) in [5.74, 6) is 1.27. The molecule has 0 unspecified atom stereocenters. The van der Waals surface area contributed by atoms with E-state index in [4.69, 9.17) is 23.2 Å². The molecule has 0 spiro atoms. The maximum absolute atomic E-state index is 5.91. The van der Waals surface area contributed by atoms with E-state index in [0.29, 0.717) is 21.8 Å². The minimum atomic E-state index is 0.410. The third-order valence-corrected chi connectivity index (χ3v) is 3.41. The summed E-state index contributed by atoms with van der Waals surface area (Å²) in [4.78, 5) is 8.22. The van der Waals surface area contributed by atoms with Gasteiger partial charge in [0.1, 0.15) is 16.8 Å². The van der Waals surface area contributed by atoms with E-state index in [9.17, 15) is 0 Å². The summed E-state index contributed by atoms with van der Waals surface area (Å²) < 4.78 is 0.820.